The molecule has 1 heterocycles. The summed E-state index contributed by atoms with van der Waals surface area (Å²) in [5.74, 6) is 0.256. The molecule has 0 aliphatic rings. The first kappa shape index (κ1) is 6.74. The lowest BCUT2D eigenvalue weighted by Gasteiger charge is -1.95. The highest BCUT2D eigenvalue weighted by Gasteiger charge is 1.89. The Balaban J connectivity index is 2.78. The van der Waals surface area contributed by atoms with E-state index in [2.05, 4.69) is 16.9 Å². The molecular formula is C7H7FN2. The van der Waals surface area contributed by atoms with Gasteiger partial charge in [-0.3, -0.25) is 0 Å². The van der Waals surface area contributed by atoms with Gasteiger partial charge in [0.1, 0.15) is 11.6 Å². The second-order valence-electron chi connectivity index (χ2n) is 1.71. The molecule has 0 radical (unpaired) electrons. The van der Waals surface area contributed by atoms with Gasteiger partial charge in [0.2, 0.25) is 0 Å². The third-order valence-electron chi connectivity index (χ3n) is 0.977. The summed E-state index contributed by atoms with van der Waals surface area (Å²) in [4.78, 5) is 3.71. The van der Waals surface area contributed by atoms with Crippen molar-refractivity contribution >= 4 is 5.82 Å². The van der Waals surface area contributed by atoms with E-state index >= 15 is 0 Å². The Hall–Kier alpha value is -1.38. The van der Waals surface area contributed by atoms with Gasteiger partial charge in [0.25, 0.3) is 0 Å². The molecule has 10 heavy (non-hydrogen) atoms. The molecule has 0 bridgehead atoms. The Morgan fingerprint density at radius 2 is 2.40 bits per heavy atom. The van der Waals surface area contributed by atoms with Crippen LogP contribution in [0.1, 0.15) is 0 Å². The maximum absolute atomic E-state index is 12.2. The predicted molar refractivity (Wildman–Crippen MR) is 38.0 cm³/mol. The predicted octanol–water partition coefficient (Wildman–Crippen LogP) is 1.78. The topological polar surface area (TPSA) is 24.9 Å². The van der Waals surface area contributed by atoms with Crippen molar-refractivity contribution in [3.05, 3.63) is 36.9 Å². The molecule has 3 heteroatoms. The molecule has 0 unspecified atom stereocenters. The zero-order valence-corrected chi connectivity index (χ0v) is 5.34. The zero-order valence-electron chi connectivity index (χ0n) is 5.34. The number of halogens is 1. The highest BCUT2D eigenvalue weighted by atomic mass is 19.1. The van der Waals surface area contributed by atoms with E-state index < -0.39 is 0 Å². The van der Waals surface area contributed by atoms with Crippen LogP contribution in [-0.2, 0) is 0 Å². The molecule has 1 rings (SSSR count). The summed E-state index contributed by atoms with van der Waals surface area (Å²) in [6, 6.07) is 2.87. The van der Waals surface area contributed by atoms with Crippen LogP contribution < -0.4 is 5.32 Å². The van der Waals surface area contributed by atoms with Gasteiger partial charge < -0.3 is 5.32 Å². The first-order chi connectivity index (χ1) is 4.83. The fourth-order valence-corrected chi connectivity index (χ4v) is 0.566. The Morgan fingerprint density at radius 3 is 2.90 bits per heavy atom. The summed E-state index contributed by atoms with van der Waals surface area (Å²) in [5.41, 5.74) is 0. The summed E-state index contributed by atoms with van der Waals surface area (Å²) in [5, 5.41) is 2.72. The van der Waals surface area contributed by atoms with Crippen molar-refractivity contribution in [3.8, 4) is 0 Å². The van der Waals surface area contributed by atoms with Crippen molar-refractivity contribution in [3.63, 3.8) is 0 Å². The lowest BCUT2D eigenvalue weighted by Crippen LogP contribution is -1.89. The summed E-state index contributed by atoms with van der Waals surface area (Å²) in [6.07, 6.45) is 2.63. The van der Waals surface area contributed by atoms with Crippen LogP contribution in [0, 0.1) is 5.82 Å². The third-order valence-corrected chi connectivity index (χ3v) is 0.977. The van der Waals surface area contributed by atoms with Gasteiger partial charge in [-0.2, -0.15) is 0 Å². The number of anilines is 1. The van der Waals surface area contributed by atoms with Gasteiger partial charge in [-0.1, -0.05) is 6.58 Å². The number of pyridine rings is 1. The number of aromatic nitrogens is 1. The molecular weight excluding hydrogens is 131 g/mol. The molecule has 0 aliphatic carbocycles. The van der Waals surface area contributed by atoms with E-state index in [0.717, 1.165) is 6.20 Å². The fourth-order valence-electron chi connectivity index (χ4n) is 0.566. The summed E-state index contributed by atoms with van der Waals surface area (Å²) >= 11 is 0. The normalized spacial score (nSPS) is 8.90. The van der Waals surface area contributed by atoms with Crippen LogP contribution >= 0.6 is 0 Å². The molecule has 2 nitrogen and oxygen atoms in total. The Labute approximate surface area is 58.4 Å². The van der Waals surface area contributed by atoms with Crippen molar-refractivity contribution in [1.82, 2.24) is 4.98 Å². The Morgan fingerprint density at radius 1 is 1.60 bits per heavy atom. The molecule has 52 valence electrons. The number of nitrogens with zero attached hydrogens (tertiary/aromatic N) is 1. The van der Waals surface area contributed by atoms with Gasteiger partial charge in [0.15, 0.2) is 0 Å². The van der Waals surface area contributed by atoms with E-state index in [1.54, 1.807) is 0 Å². The summed E-state index contributed by atoms with van der Waals surface area (Å²) in [6.45, 7) is 3.43. The number of hydrogen-bond acceptors (Lipinski definition) is 2. The quantitative estimate of drug-likeness (QED) is 0.673. The van der Waals surface area contributed by atoms with Gasteiger partial charge in [0.05, 0.1) is 6.20 Å². The lowest BCUT2D eigenvalue weighted by atomic mass is 10.4. The van der Waals surface area contributed by atoms with Crippen LogP contribution in [0.2, 0.25) is 0 Å². The number of nitrogens with one attached hydrogen (secondary N) is 1. The van der Waals surface area contributed by atoms with Crippen LogP contribution in [0.4, 0.5) is 10.2 Å². The molecule has 0 atom stereocenters. The Bertz CT molecular complexity index is 218. The van der Waals surface area contributed by atoms with Crippen molar-refractivity contribution in [1.29, 1.82) is 0 Å². The van der Waals surface area contributed by atoms with E-state index in [1.165, 1.54) is 18.3 Å². The van der Waals surface area contributed by atoms with Crippen LogP contribution in [0.5, 0.6) is 0 Å². The maximum atomic E-state index is 12.2. The highest BCUT2D eigenvalue weighted by Crippen LogP contribution is 2.02. The first-order valence-corrected chi connectivity index (χ1v) is 2.82. The monoisotopic (exact) mass is 138 g/mol. The molecule has 0 spiro atoms. The van der Waals surface area contributed by atoms with Gasteiger partial charge in [0, 0.05) is 0 Å². The van der Waals surface area contributed by atoms with Crippen LogP contribution in [-0.4, -0.2) is 4.98 Å². The molecule has 1 aromatic heterocycles. The average Bonchev–Trinajstić information content (AvgIpc) is 1.95. The average molecular weight is 138 g/mol. The highest BCUT2D eigenvalue weighted by molar-refractivity contribution is 5.35. The second kappa shape index (κ2) is 2.96. The lowest BCUT2D eigenvalue weighted by molar-refractivity contribution is 0.622. The van der Waals surface area contributed by atoms with Crippen LogP contribution in [0.25, 0.3) is 0 Å². The summed E-state index contributed by atoms with van der Waals surface area (Å²) in [7, 11) is 0. The van der Waals surface area contributed by atoms with Crippen molar-refractivity contribution in [2.75, 3.05) is 5.32 Å². The van der Waals surface area contributed by atoms with Crippen molar-refractivity contribution in [2.45, 2.75) is 0 Å². The minimum Gasteiger partial charge on any atom is -0.347 e. The SMILES string of the molecule is C=CNc1ccc(F)cn1. The molecule has 1 N–H and O–H groups in total. The van der Waals surface area contributed by atoms with Crippen molar-refractivity contribution < 1.29 is 4.39 Å². The van der Waals surface area contributed by atoms with E-state index in [0.29, 0.717) is 5.82 Å². The molecule has 1 aromatic rings. The van der Waals surface area contributed by atoms with E-state index in [4.69, 9.17) is 0 Å². The molecule has 0 aliphatic heterocycles. The second-order valence-corrected chi connectivity index (χ2v) is 1.71. The van der Waals surface area contributed by atoms with Crippen molar-refractivity contribution in [2.24, 2.45) is 0 Å². The van der Waals surface area contributed by atoms with Gasteiger partial charge in [-0.25, -0.2) is 9.37 Å². The molecule has 0 saturated heterocycles. The van der Waals surface area contributed by atoms with Gasteiger partial charge >= 0.3 is 0 Å². The van der Waals surface area contributed by atoms with E-state index in [9.17, 15) is 4.39 Å². The van der Waals surface area contributed by atoms with Crippen LogP contribution in [0.15, 0.2) is 31.1 Å². The smallest absolute Gasteiger partial charge is 0.141 e. The largest absolute Gasteiger partial charge is 0.347 e. The first-order valence-electron chi connectivity index (χ1n) is 2.82. The molecule has 0 aromatic carbocycles. The minimum atomic E-state index is -0.338. The van der Waals surface area contributed by atoms with E-state index in [1.807, 2.05) is 0 Å². The molecule has 0 amide bonds. The number of hydrogen-bond donors (Lipinski definition) is 1. The fraction of sp³-hybridized carbons (Fsp3) is 0. The summed E-state index contributed by atoms with van der Waals surface area (Å²) < 4.78 is 12.2. The minimum absolute atomic E-state index is 0.338. The van der Waals surface area contributed by atoms with Gasteiger partial charge in [-0.15, -0.1) is 0 Å². The molecule has 0 fully saturated rings. The van der Waals surface area contributed by atoms with Crippen LogP contribution in [0.3, 0.4) is 0 Å². The Kier molecular flexibility index (Phi) is 1.99. The maximum Gasteiger partial charge on any atom is 0.141 e. The van der Waals surface area contributed by atoms with Gasteiger partial charge in [-0.05, 0) is 18.3 Å². The van der Waals surface area contributed by atoms with E-state index in [-0.39, 0.29) is 5.82 Å². The number of rotatable bonds is 2. The third kappa shape index (κ3) is 1.55. The molecule has 0 saturated carbocycles. The standard InChI is InChI=1S/C7H7FN2/c1-2-9-7-4-3-6(8)5-10-7/h2-5H,1H2,(H,9,10). The zero-order chi connectivity index (χ0) is 7.40.